The van der Waals surface area contributed by atoms with E-state index in [4.69, 9.17) is 4.79 Å². The Bertz CT molecular complexity index is 591. The third-order valence-corrected chi connectivity index (χ3v) is 5.76. The molecule has 0 bridgehead atoms. The molecule has 1 aliphatic carbocycles. The van der Waals surface area contributed by atoms with E-state index in [0.717, 1.165) is 12.3 Å². The summed E-state index contributed by atoms with van der Waals surface area (Å²) in [5, 5.41) is 0. The summed E-state index contributed by atoms with van der Waals surface area (Å²) < 4.78 is 0. The van der Waals surface area contributed by atoms with Crippen LogP contribution in [0.15, 0.2) is 35.3 Å². The summed E-state index contributed by atoms with van der Waals surface area (Å²) in [5.74, 6) is 0.811. The van der Waals surface area contributed by atoms with Crippen molar-refractivity contribution >= 4 is 19.1 Å². The van der Waals surface area contributed by atoms with Gasteiger partial charge in [0.1, 0.15) is 6.79 Å². The smallest absolute Gasteiger partial charge is 0.106 e. The predicted octanol–water partition coefficient (Wildman–Crippen LogP) is 11.2. The van der Waals surface area contributed by atoms with Crippen LogP contribution in [0.2, 0.25) is 0 Å². The van der Waals surface area contributed by atoms with Gasteiger partial charge < -0.3 is 4.79 Å². The molecule has 1 aromatic rings. The maximum absolute atomic E-state index is 8.00. The molecule has 0 radical (unpaired) electrons. The molecule has 1 aromatic carbocycles. The monoisotopic (exact) mass is 489 g/mol. The molecule has 0 saturated heterocycles. The SMILES string of the molecule is C=NC(CC)C(C)(C)C.C=O.CC.CC.CC.CCC/C=C(\c1ccccc1C)C1CCCCC1. The van der Waals surface area contributed by atoms with Crippen molar-refractivity contribution in [3.8, 4) is 0 Å². The van der Waals surface area contributed by atoms with Crippen LogP contribution < -0.4 is 0 Å². The number of allylic oxidation sites excluding steroid dienone is 2. The number of unbranched alkanes of at least 4 members (excludes halogenated alkanes) is 1. The summed E-state index contributed by atoms with van der Waals surface area (Å²) in [4.78, 5) is 12.0. The minimum atomic E-state index is 0.288. The number of carbonyl (C=O) groups is 1. The molecule has 0 spiro atoms. The van der Waals surface area contributed by atoms with Gasteiger partial charge in [0.15, 0.2) is 0 Å². The van der Waals surface area contributed by atoms with Gasteiger partial charge in [-0.15, -0.1) is 0 Å². The first-order valence-electron chi connectivity index (χ1n) is 14.4. The second kappa shape index (κ2) is 28.5. The number of nitrogens with zero attached hydrogens (tertiary/aromatic N) is 1. The van der Waals surface area contributed by atoms with E-state index in [0.29, 0.717) is 6.04 Å². The van der Waals surface area contributed by atoms with Gasteiger partial charge in [-0.05, 0) is 67.4 Å². The first-order chi connectivity index (χ1) is 16.8. The van der Waals surface area contributed by atoms with Crippen LogP contribution in [0.25, 0.3) is 5.57 Å². The van der Waals surface area contributed by atoms with Crippen LogP contribution in [-0.4, -0.2) is 19.5 Å². The lowest BCUT2D eigenvalue weighted by atomic mass is 9.79. The third-order valence-electron chi connectivity index (χ3n) is 5.76. The molecular weight excluding hydrogens is 426 g/mol. The second-order valence-electron chi connectivity index (χ2n) is 9.07. The van der Waals surface area contributed by atoms with E-state index in [1.807, 2.05) is 48.3 Å². The molecule has 2 rings (SSSR count). The van der Waals surface area contributed by atoms with E-state index >= 15 is 0 Å². The average molecular weight is 490 g/mol. The average Bonchev–Trinajstić information content (AvgIpc) is 2.91. The fourth-order valence-electron chi connectivity index (χ4n) is 4.12. The third kappa shape index (κ3) is 19.2. The van der Waals surface area contributed by atoms with Gasteiger partial charge in [0.05, 0.1) is 6.04 Å². The molecule has 2 heteroatoms. The van der Waals surface area contributed by atoms with Crippen LogP contribution in [0.4, 0.5) is 0 Å². The Morgan fingerprint density at radius 3 is 1.80 bits per heavy atom. The Hall–Kier alpha value is -1.70. The largest absolute Gasteiger partial charge is 0.307 e. The summed E-state index contributed by atoms with van der Waals surface area (Å²) in [5.41, 5.74) is 4.86. The Kier molecular flexibility index (Phi) is 33.0. The fourth-order valence-corrected chi connectivity index (χ4v) is 4.12. The Balaban J connectivity index is -0.000000240. The number of aryl methyl sites for hydroxylation is 1. The van der Waals surface area contributed by atoms with E-state index in [9.17, 15) is 0 Å². The van der Waals surface area contributed by atoms with Gasteiger partial charge in [-0.3, -0.25) is 4.99 Å². The van der Waals surface area contributed by atoms with Crippen molar-refractivity contribution in [1.82, 2.24) is 0 Å². The predicted molar refractivity (Wildman–Crippen MR) is 165 cm³/mol. The van der Waals surface area contributed by atoms with E-state index in [2.05, 4.69) is 83.6 Å². The van der Waals surface area contributed by atoms with Crippen LogP contribution >= 0.6 is 0 Å². The quantitative estimate of drug-likeness (QED) is 0.365. The van der Waals surface area contributed by atoms with Gasteiger partial charge in [-0.2, -0.15) is 0 Å². The summed E-state index contributed by atoms with van der Waals surface area (Å²) in [6, 6.07) is 9.31. The molecule has 2 nitrogen and oxygen atoms in total. The van der Waals surface area contributed by atoms with Gasteiger partial charge >= 0.3 is 0 Å². The van der Waals surface area contributed by atoms with Gasteiger partial charge in [-0.25, -0.2) is 0 Å². The van der Waals surface area contributed by atoms with E-state index < -0.39 is 0 Å². The van der Waals surface area contributed by atoms with Gasteiger partial charge in [0, 0.05) is 0 Å². The van der Waals surface area contributed by atoms with E-state index in [-0.39, 0.29) is 5.41 Å². The van der Waals surface area contributed by atoms with Gasteiger partial charge in [0.25, 0.3) is 0 Å². The molecule has 1 atom stereocenters. The Labute approximate surface area is 222 Å². The molecular formula is C33H63NO. The van der Waals surface area contributed by atoms with Crippen molar-refractivity contribution < 1.29 is 4.79 Å². The van der Waals surface area contributed by atoms with E-state index in [1.165, 1.54) is 56.1 Å². The summed E-state index contributed by atoms with van der Waals surface area (Å²) in [7, 11) is 0. The van der Waals surface area contributed by atoms with Crippen LogP contribution in [0.5, 0.6) is 0 Å². The van der Waals surface area contributed by atoms with Crippen LogP contribution in [-0.2, 0) is 4.79 Å². The van der Waals surface area contributed by atoms with Crippen molar-refractivity contribution in [1.29, 1.82) is 0 Å². The molecule has 0 N–H and O–H groups in total. The molecule has 1 unspecified atom stereocenters. The maximum atomic E-state index is 8.00. The molecule has 0 aliphatic heterocycles. The van der Waals surface area contributed by atoms with E-state index in [1.54, 1.807) is 5.57 Å². The lowest BCUT2D eigenvalue weighted by molar-refractivity contribution is -0.0979. The molecule has 35 heavy (non-hydrogen) atoms. The molecule has 0 amide bonds. The molecule has 1 saturated carbocycles. The van der Waals surface area contributed by atoms with Crippen molar-refractivity contribution in [2.24, 2.45) is 16.3 Å². The zero-order chi connectivity index (χ0) is 28.3. The van der Waals surface area contributed by atoms with Gasteiger partial charge in [-0.1, -0.05) is 132 Å². The lowest BCUT2D eigenvalue weighted by Gasteiger charge is -2.26. The van der Waals surface area contributed by atoms with Crippen molar-refractivity contribution in [2.45, 2.75) is 140 Å². The van der Waals surface area contributed by atoms with Crippen LogP contribution in [0.3, 0.4) is 0 Å². The second-order valence-corrected chi connectivity index (χ2v) is 9.07. The number of hydrogen-bond acceptors (Lipinski definition) is 2. The fraction of sp³-hybridized carbons (Fsp3) is 0.697. The highest BCUT2D eigenvalue weighted by molar-refractivity contribution is 5.70. The van der Waals surface area contributed by atoms with Crippen molar-refractivity contribution in [3.05, 3.63) is 41.5 Å². The molecule has 1 fully saturated rings. The summed E-state index contributed by atoms with van der Waals surface area (Å²) >= 11 is 0. The summed E-state index contributed by atoms with van der Waals surface area (Å²) in [6.45, 7) is 30.8. The normalized spacial score (nSPS) is 13.8. The highest BCUT2D eigenvalue weighted by atomic mass is 16.1. The maximum Gasteiger partial charge on any atom is 0.106 e. The highest BCUT2D eigenvalue weighted by Crippen LogP contribution is 2.36. The zero-order valence-electron chi connectivity index (χ0n) is 26.0. The van der Waals surface area contributed by atoms with Crippen molar-refractivity contribution in [2.75, 3.05) is 0 Å². The number of carbonyl (C=O) groups excluding carboxylic acids is 1. The first kappa shape index (κ1) is 40.5. The number of hydrogen-bond donors (Lipinski definition) is 0. The minimum absolute atomic E-state index is 0.288. The first-order valence-corrected chi connectivity index (χ1v) is 14.4. The minimum Gasteiger partial charge on any atom is -0.307 e. The Morgan fingerprint density at radius 2 is 1.46 bits per heavy atom. The number of aliphatic imine (C=N–C) groups is 1. The standard InChI is InChI=1S/C18H26.C8H17N.3C2H6.CH2O/c1-3-4-13-18(16-11-6-5-7-12-16)17-14-9-8-10-15(17)2;1-6-7(9-5)8(2,3)4;4*1-2/h8-10,13-14,16H,3-7,11-12H2,1-2H3;7H,5-6H2,1-4H3;3*1-2H3;1H2/b18-13-;;;;;. The topological polar surface area (TPSA) is 29.4 Å². The van der Waals surface area contributed by atoms with Gasteiger partial charge in [0.2, 0.25) is 0 Å². The van der Waals surface area contributed by atoms with Crippen molar-refractivity contribution in [3.63, 3.8) is 0 Å². The molecule has 0 heterocycles. The van der Waals surface area contributed by atoms with Crippen LogP contribution in [0, 0.1) is 18.3 Å². The van der Waals surface area contributed by atoms with Crippen LogP contribution in [0.1, 0.15) is 139 Å². The molecule has 0 aromatic heterocycles. The highest BCUT2D eigenvalue weighted by Gasteiger charge is 2.20. The Morgan fingerprint density at radius 1 is 0.971 bits per heavy atom. The number of rotatable bonds is 6. The molecule has 1 aliphatic rings. The molecule has 206 valence electrons. The zero-order valence-corrected chi connectivity index (χ0v) is 26.0. The number of benzene rings is 1. The summed E-state index contributed by atoms with van der Waals surface area (Å²) in [6.07, 6.45) is 13.1. The lowest BCUT2D eigenvalue weighted by Crippen LogP contribution is -2.22.